The fourth-order valence-electron chi connectivity index (χ4n) is 5.09. The van der Waals surface area contributed by atoms with Gasteiger partial charge in [-0.2, -0.15) is 0 Å². The molecule has 1 saturated heterocycles. The van der Waals surface area contributed by atoms with Crippen molar-refractivity contribution in [3.63, 3.8) is 0 Å². The van der Waals surface area contributed by atoms with Gasteiger partial charge in [-0.3, -0.25) is 9.79 Å². The summed E-state index contributed by atoms with van der Waals surface area (Å²) in [5, 5.41) is 4.47. The lowest BCUT2D eigenvalue weighted by Gasteiger charge is -2.36. The highest BCUT2D eigenvalue weighted by molar-refractivity contribution is 7.19. The number of carbonyl (C=O) groups excluding carboxylic acids is 1. The zero-order chi connectivity index (χ0) is 23.2. The second kappa shape index (κ2) is 8.59. The molecule has 0 unspecified atom stereocenters. The Hall–Kier alpha value is -3.11. The number of fused-ring (bicyclic) bond motifs is 4. The highest BCUT2D eigenvalue weighted by Crippen LogP contribution is 2.41. The molecule has 1 fully saturated rings. The maximum atomic E-state index is 13.3. The number of aromatic nitrogens is 3. The molecule has 0 radical (unpaired) electrons. The summed E-state index contributed by atoms with van der Waals surface area (Å²) in [5.41, 5.74) is 3.89. The molecule has 5 heterocycles. The Morgan fingerprint density at radius 2 is 2.26 bits per heavy atom. The van der Waals surface area contributed by atoms with Crippen LogP contribution in [0.1, 0.15) is 35.0 Å². The van der Waals surface area contributed by atoms with Gasteiger partial charge in [0.15, 0.2) is 0 Å². The molecule has 1 N–H and O–H groups in total. The zero-order valence-electron chi connectivity index (χ0n) is 19.2. The van der Waals surface area contributed by atoms with Crippen molar-refractivity contribution in [1.82, 2.24) is 19.9 Å². The first-order valence-corrected chi connectivity index (χ1v) is 12.4. The average Bonchev–Trinajstić information content (AvgIpc) is 3.47. The second-order valence-corrected chi connectivity index (χ2v) is 10.1. The monoisotopic (exact) mass is 478 g/mol. The highest BCUT2D eigenvalue weighted by Gasteiger charge is 2.34. The first-order valence-electron chi connectivity index (χ1n) is 11.6. The SMILES string of the molecule is COc1nc2c(cc1Nc1ncnc3sc4c(c13)CC[C@H](C(=O)N1CCOC[C@H]1C)C4)C=NC2. The molecule has 3 aliphatic rings. The van der Waals surface area contributed by atoms with E-state index < -0.39 is 0 Å². The molecular formula is C24H26N6O3S. The lowest BCUT2D eigenvalue weighted by atomic mass is 9.86. The van der Waals surface area contributed by atoms with Crippen LogP contribution in [0.5, 0.6) is 5.88 Å². The smallest absolute Gasteiger partial charge is 0.237 e. The van der Waals surface area contributed by atoms with E-state index in [1.165, 1.54) is 10.4 Å². The maximum absolute atomic E-state index is 13.3. The number of anilines is 2. The number of amides is 1. The fourth-order valence-corrected chi connectivity index (χ4v) is 6.36. The van der Waals surface area contributed by atoms with Gasteiger partial charge in [0.1, 0.15) is 22.7 Å². The quantitative estimate of drug-likeness (QED) is 0.615. The molecule has 3 aromatic heterocycles. The Morgan fingerprint density at radius 1 is 1.35 bits per heavy atom. The predicted octanol–water partition coefficient (Wildman–Crippen LogP) is 3.12. The van der Waals surface area contributed by atoms with Crippen LogP contribution in [0.2, 0.25) is 0 Å². The molecule has 10 heteroatoms. The average molecular weight is 479 g/mol. The number of hydrogen-bond acceptors (Lipinski definition) is 9. The summed E-state index contributed by atoms with van der Waals surface area (Å²) in [7, 11) is 1.62. The van der Waals surface area contributed by atoms with E-state index in [0.29, 0.717) is 32.2 Å². The van der Waals surface area contributed by atoms with Gasteiger partial charge in [0.25, 0.3) is 0 Å². The third kappa shape index (κ3) is 3.61. The van der Waals surface area contributed by atoms with Crippen molar-refractivity contribution < 1.29 is 14.3 Å². The first kappa shape index (κ1) is 21.4. The van der Waals surface area contributed by atoms with Crippen LogP contribution in [0, 0.1) is 5.92 Å². The van der Waals surface area contributed by atoms with E-state index in [1.807, 2.05) is 17.2 Å². The third-order valence-corrected chi connectivity index (χ3v) is 8.03. The topological polar surface area (TPSA) is 102 Å². The van der Waals surface area contributed by atoms with Crippen LogP contribution < -0.4 is 10.1 Å². The Bertz CT molecular complexity index is 1310. The van der Waals surface area contributed by atoms with Crippen LogP contribution in [0.4, 0.5) is 11.5 Å². The number of hydrogen-bond donors (Lipinski definition) is 1. The summed E-state index contributed by atoms with van der Waals surface area (Å²) >= 11 is 1.67. The van der Waals surface area contributed by atoms with E-state index in [0.717, 1.165) is 52.2 Å². The lowest BCUT2D eigenvalue weighted by Crippen LogP contribution is -2.50. The molecule has 1 amide bonds. The van der Waals surface area contributed by atoms with Crippen LogP contribution >= 0.6 is 11.3 Å². The van der Waals surface area contributed by atoms with Gasteiger partial charge in [-0.1, -0.05) is 0 Å². The Kier molecular flexibility index (Phi) is 5.41. The predicted molar refractivity (Wildman–Crippen MR) is 130 cm³/mol. The summed E-state index contributed by atoms with van der Waals surface area (Å²) in [6.45, 7) is 4.55. The minimum atomic E-state index is 0.00535. The number of morpholine rings is 1. The van der Waals surface area contributed by atoms with Crippen LogP contribution in [-0.4, -0.2) is 64.9 Å². The normalized spacial score (nSPS) is 21.4. The number of nitrogens with zero attached hydrogens (tertiary/aromatic N) is 5. The zero-order valence-corrected chi connectivity index (χ0v) is 20.0. The largest absolute Gasteiger partial charge is 0.480 e. The minimum absolute atomic E-state index is 0.00535. The number of carbonyl (C=O) groups is 1. The maximum Gasteiger partial charge on any atom is 0.237 e. The molecule has 6 rings (SSSR count). The molecule has 0 spiro atoms. The van der Waals surface area contributed by atoms with E-state index in [2.05, 4.69) is 32.2 Å². The number of rotatable bonds is 4. The van der Waals surface area contributed by atoms with E-state index in [9.17, 15) is 4.79 Å². The van der Waals surface area contributed by atoms with E-state index in [1.54, 1.807) is 24.8 Å². The molecule has 2 atom stereocenters. The van der Waals surface area contributed by atoms with Crippen molar-refractivity contribution in [2.45, 2.75) is 38.8 Å². The number of methoxy groups -OCH3 is 1. The van der Waals surface area contributed by atoms with Crippen LogP contribution in [0.25, 0.3) is 10.2 Å². The number of pyridine rings is 1. The van der Waals surface area contributed by atoms with Crippen molar-refractivity contribution in [2.75, 3.05) is 32.2 Å². The van der Waals surface area contributed by atoms with Gasteiger partial charge < -0.3 is 19.7 Å². The second-order valence-electron chi connectivity index (χ2n) is 8.98. The third-order valence-electron chi connectivity index (χ3n) is 6.86. The molecule has 0 saturated carbocycles. The van der Waals surface area contributed by atoms with Crippen LogP contribution in [0.3, 0.4) is 0 Å². The molecule has 176 valence electrons. The van der Waals surface area contributed by atoms with Gasteiger partial charge in [-0.25, -0.2) is 15.0 Å². The van der Waals surface area contributed by atoms with Gasteiger partial charge in [0.2, 0.25) is 11.8 Å². The molecule has 0 bridgehead atoms. The standard InChI is InChI=1S/C24H26N6O3S/c1-13-11-33-6-5-30(13)24(31)14-3-4-16-19(8-14)34-23-20(16)21(26-12-27-23)28-17-7-15-9-25-10-18(15)29-22(17)32-2/h7,9,12-14H,3-6,8,10-11H2,1-2H3,(H,26,27,28)/t13-,14+/m1/s1. The minimum Gasteiger partial charge on any atom is -0.480 e. The fraction of sp³-hybridized carbons (Fsp3) is 0.458. The first-order chi connectivity index (χ1) is 16.6. The van der Waals surface area contributed by atoms with Gasteiger partial charge in [-0.05, 0) is 37.8 Å². The van der Waals surface area contributed by atoms with E-state index in [-0.39, 0.29) is 17.9 Å². The van der Waals surface area contributed by atoms with Gasteiger partial charge in [-0.15, -0.1) is 11.3 Å². The van der Waals surface area contributed by atoms with Crippen molar-refractivity contribution in [3.05, 3.63) is 34.1 Å². The molecule has 1 aliphatic carbocycles. The molecule has 34 heavy (non-hydrogen) atoms. The van der Waals surface area contributed by atoms with Gasteiger partial charge >= 0.3 is 0 Å². The molecule has 2 aliphatic heterocycles. The molecule has 0 aromatic carbocycles. The summed E-state index contributed by atoms with van der Waals surface area (Å²) in [6, 6.07) is 2.13. The summed E-state index contributed by atoms with van der Waals surface area (Å²) < 4.78 is 11.0. The molecule has 3 aromatic rings. The van der Waals surface area contributed by atoms with Gasteiger partial charge in [0.05, 0.1) is 44.0 Å². The highest BCUT2D eigenvalue weighted by atomic mass is 32.1. The van der Waals surface area contributed by atoms with Crippen molar-refractivity contribution >= 4 is 45.2 Å². The molecule has 9 nitrogen and oxygen atoms in total. The Balaban J connectivity index is 1.31. The van der Waals surface area contributed by atoms with Crippen molar-refractivity contribution in [1.29, 1.82) is 0 Å². The summed E-state index contributed by atoms with van der Waals surface area (Å²) in [6.07, 6.45) is 5.83. The van der Waals surface area contributed by atoms with Crippen molar-refractivity contribution in [3.8, 4) is 5.88 Å². The Labute approximate surface area is 201 Å². The van der Waals surface area contributed by atoms with Crippen LogP contribution in [0.15, 0.2) is 17.4 Å². The summed E-state index contributed by atoms with van der Waals surface area (Å²) in [5.74, 6) is 1.51. The summed E-state index contributed by atoms with van der Waals surface area (Å²) in [4.78, 5) is 35.4. The number of ether oxygens (including phenoxy) is 2. The van der Waals surface area contributed by atoms with Crippen molar-refractivity contribution in [2.24, 2.45) is 10.9 Å². The van der Waals surface area contributed by atoms with Gasteiger partial charge in [0, 0.05) is 29.1 Å². The molecular weight excluding hydrogens is 452 g/mol. The number of aryl methyl sites for hydroxylation is 1. The lowest BCUT2D eigenvalue weighted by molar-refractivity contribution is -0.143. The number of thiophene rings is 1. The van der Waals surface area contributed by atoms with Crippen LogP contribution in [-0.2, 0) is 28.9 Å². The number of aliphatic imine (C=N–C) groups is 1. The van der Waals surface area contributed by atoms with E-state index in [4.69, 9.17) is 9.47 Å². The Morgan fingerprint density at radius 3 is 3.12 bits per heavy atom. The number of nitrogens with one attached hydrogen (secondary N) is 1. The van der Waals surface area contributed by atoms with E-state index >= 15 is 0 Å².